The van der Waals surface area contributed by atoms with Gasteiger partial charge in [0.2, 0.25) is 0 Å². The third-order valence-electron chi connectivity index (χ3n) is 4.17. The standard InChI is InChI=1S/C19H17N3O3S/c1-25-19(24)16-14-4-2-3-5-15(14)26-18(16)22-17(23)13(11-20)10-12-6-8-21-9-7-12/h6-10H,2-5H2,1H3,(H,22,23)/b13-10+. The number of hydrogen-bond acceptors (Lipinski definition) is 6. The molecule has 3 rings (SSSR count). The van der Waals surface area contributed by atoms with Gasteiger partial charge in [-0.25, -0.2) is 4.79 Å². The Morgan fingerprint density at radius 2 is 2.04 bits per heavy atom. The summed E-state index contributed by atoms with van der Waals surface area (Å²) in [4.78, 5) is 29.8. The molecule has 0 aliphatic heterocycles. The lowest BCUT2D eigenvalue weighted by molar-refractivity contribution is -0.112. The molecule has 0 aromatic carbocycles. The molecule has 7 heteroatoms. The highest BCUT2D eigenvalue weighted by molar-refractivity contribution is 7.17. The first-order chi connectivity index (χ1) is 12.6. The smallest absolute Gasteiger partial charge is 0.341 e. The van der Waals surface area contributed by atoms with Crippen molar-refractivity contribution in [2.24, 2.45) is 0 Å². The summed E-state index contributed by atoms with van der Waals surface area (Å²) < 4.78 is 4.90. The Labute approximate surface area is 155 Å². The number of carbonyl (C=O) groups is 2. The number of aromatic nitrogens is 1. The Bertz CT molecular complexity index is 910. The molecule has 0 spiro atoms. The van der Waals surface area contributed by atoms with E-state index in [0.29, 0.717) is 16.1 Å². The third-order valence-corrected chi connectivity index (χ3v) is 5.38. The zero-order valence-electron chi connectivity index (χ0n) is 14.2. The van der Waals surface area contributed by atoms with Crippen LogP contribution in [-0.2, 0) is 22.4 Å². The minimum atomic E-state index is -0.548. The molecular formula is C19H17N3O3S. The fourth-order valence-electron chi connectivity index (χ4n) is 2.92. The van der Waals surface area contributed by atoms with Crippen LogP contribution in [0, 0.1) is 11.3 Å². The van der Waals surface area contributed by atoms with Gasteiger partial charge in [0.15, 0.2) is 0 Å². The Morgan fingerprint density at radius 3 is 2.73 bits per heavy atom. The van der Waals surface area contributed by atoms with Gasteiger partial charge >= 0.3 is 5.97 Å². The van der Waals surface area contributed by atoms with Crippen molar-refractivity contribution >= 4 is 34.3 Å². The van der Waals surface area contributed by atoms with E-state index in [1.165, 1.54) is 24.5 Å². The van der Waals surface area contributed by atoms with Crippen molar-refractivity contribution in [3.63, 3.8) is 0 Å². The number of carbonyl (C=O) groups excluding carboxylic acids is 2. The minimum absolute atomic E-state index is 0.0432. The Hall–Kier alpha value is -2.98. The van der Waals surface area contributed by atoms with Crippen LogP contribution >= 0.6 is 11.3 Å². The molecule has 2 aromatic rings. The van der Waals surface area contributed by atoms with E-state index >= 15 is 0 Å². The molecule has 2 aromatic heterocycles. The molecule has 26 heavy (non-hydrogen) atoms. The maximum absolute atomic E-state index is 12.6. The quantitative estimate of drug-likeness (QED) is 0.508. The number of fused-ring (bicyclic) bond motifs is 1. The largest absolute Gasteiger partial charge is 0.465 e. The lowest BCUT2D eigenvalue weighted by Crippen LogP contribution is -2.16. The number of ether oxygens (including phenoxy) is 1. The van der Waals surface area contributed by atoms with E-state index in [-0.39, 0.29) is 5.57 Å². The van der Waals surface area contributed by atoms with Crippen molar-refractivity contribution in [3.05, 3.63) is 51.7 Å². The fraction of sp³-hybridized carbons (Fsp3) is 0.263. The average molecular weight is 367 g/mol. The van der Waals surface area contributed by atoms with Crippen molar-refractivity contribution in [1.82, 2.24) is 4.98 Å². The average Bonchev–Trinajstić information content (AvgIpc) is 3.04. The van der Waals surface area contributed by atoms with Gasteiger partial charge in [0.1, 0.15) is 16.6 Å². The lowest BCUT2D eigenvalue weighted by atomic mass is 9.95. The number of esters is 1. The second kappa shape index (κ2) is 7.93. The topological polar surface area (TPSA) is 92.1 Å². The number of rotatable bonds is 4. The van der Waals surface area contributed by atoms with E-state index in [9.17, 15) is 14.9 Å². The molecule has 0 unspecified atom stereocenters. The predicted octanol–water partition coefficient (Wildman–Crippen LogP) is 3.35. The molecule has 0 atom stereocenters. The lowest BCUT2D eigenvalue weighted by Gasteiger charge is -2.11. The third kappa shape index (κ3) is 3.65. The van der Waals surface area contributed by atoms with Crippen LogP contribution in [0.15, 0.2) is 30.1 Å². The maximum Gasteiger partial charge on any atom is 0.341 e. The molecule has 0 saturated carbocycles. The SMILES string of the molecule is COC(=O)c1c(NC(=O)/C(C#N)=C/c2ccncc2)sc2c1CCCC2. The van der Waals surface area contributed by atoms with Gasteiger partial charge in [-0.3, -0.25) is 9.78 Å². The second-order valence-corrected chi connectivity index (χ2v) is 6.92. The van der Waals surface area contributed by atoms with Crippen molar-refractivity contribution in [2.75, 3.05) is 12.4 Å². The van der Waals surface area contributed by atoms with Crippen molar-refractivity contribution in [1.29, 1.82) is 5.26 Å². The first-order valence-corrected chi connectivity index (χ1v) is 9.01. The normalized spacial score (nSPS) is 13.5. The van der Waals surface area contributed by atoms with Gasteiger partial charge < -0.3 is 10.1 Å². The van der Waals surface area contributed by atoms with Gasteiger partial charge in [-0.1, -0.05) is 0 Å². The van der Waals surface area contributed by atoms with E-state index < -0.39 is 11.9 Å². The first-order valence-electron chi connectivity index (χ1n) is 8.20. The van der Waals surface area contributed by atoms with E-state index in [1.807, 2.05) is 6.07 Å². The molecule has 6 nitrogen and oxygen atoms in total. The van der Waals surface area contributed by atoms with E-state index in [1.54, 1.807) is 24.5 Å². The summed E-state index contributed by atoms with van der Waals surface area (Å²) in [6.07, 6.45) is 8.41. The summed E-state index contributed by atoms with van der Waals surface area (Å²) in [5.41, 5.74) is 2.03. The van der Waals surface area contributed by atoms with Crippen LogP contribution in [0.1, 0.15) is 39.2 Å². The number of amides is 1. The molecular weight excluding hydrogens is 350 g/mol. The Balaban J connectivity index is 1.91. The first kappa shape index (κ1) is 17.8. The van der Waals surface area contributed by atoms with Crippen molar-refractivity contribution in [2.45, 2.75) is 25.7 Å². The second-order valence-electron chi connectivity index (χ2n) is 5.81. The van der Waals surface area contributed by atoms with Gasteiger partial charge in [0.05, 0.1) is 12.7 Å². The number of hydrogen-bond donors (Lipinski definition) is 1. The van der Waals surface area contributed by atoms with Crippen LogP contribution in [0.4, 0.5) is 5.00 Å². The molecule has 0 radical (unpaired) electrons. The monoisotopic (exact) mass is 367 g/mol. The van der Waals surface area contributed by atoms with E-state index in [4.69, 9.17) is 4.74 Å². The number of nitriles is 1. The molecule has 1 aliphatic rings. The summed E-state index contributed by atoms with van der Waals surface area (Å²) in [5, 5.41) is 12.5. The van der Waals surface area contributed by atoms with Crippen LogP contribution in [0.3, 0.4) is 0 Å². The van der Waals surface area contributed by atoms with Crippen LogP contribution in [0.25, 0.3) is 6.08 Å². The maximum atomic E-state index is 12.6. The number of methoxy groups -OCH3 is 1. The Kier molecular flexibility index (Phi) is 5.44. The van der Waals surface area contributed by atoms with E-state index in [2.05, 4.69) is 10.3 Å². The molecule has 0 fully saturated rings. The molecule has 1 N–H and O–H groups in total. The summed E-state index contributed by atoms with van der Waals surface area (Å²) in [5.74, 6) is -1.01. The highest BCUT2D eigenvalue weighted by Gasteiger charge is 2.27. The highest BCUT2D eigenvalue weighted by atomic mass is 32.1. The zero-order valence-corrected chi connectivity index (χ0v) is 15.1. The minimum Gasteiger partial charge on any atom is -0.465 e. The highest BCUT2D eigenvalue weighted by Crippen LogP contribution is 2.38. The van der Waals surface area contributed by atoms with Gasteiger partial charge in [0, 0.05) is 17.3 Å². The van der Waals surface area contributed by atoms with Crippen LogP contribution < -0.4 is 5.32 Å². The molecule has 0 saturated heterocycles. The zero-order chi connectivity index (χ0) is 18.5. The molecule has 132 valence electrons. The molecule has 2 heterocycles. The van der Waals surface area contributed by atoms with Gasteiger partial charge in [-0.05, 0) is 55.0 Å². The molecule has 1 amide bonds. The van der Waals surface area contributed by atoms with E-state index in [0.717, 1.165) is 36.1 Å². The molecule has 0 bridgehead atoms. The van der Waals surface area contributed by atoms with Gasteiger partial charge in [-0.2, -0.15) is 5.26 Å². The summed E-state index contributed by atoms with van der Waals surface area (Å²) >= 11 is 1.39. The summed E-state index contributed by atoms with van der Waals surface area (Å²) in [6.45, 7) is 0. The van der Waals surface area contributed by atoms with Crippen molar-refractivity contribution < 1.29 is 14.3 Å². The summed E-state index contributed by atoms with van der Waals surface area (Å²) in [7, 11) is 1.32. The van der Waals surface area contributed by atoms with Gasteiger partial charge in [-0.15, -0.1) is 11.3 Å². The van der Waals surface area contributed by atoms with Crippen LogP contribution in [-0.4, -0.2) is 24.0 Å². The number of pyridine rings is 1. The predicted molar refractivity (Wildman–Crippen MR) is 98.8 cm³/mol. The number of aryl methyl sites for hydroxylation is 1. The fourth-order valence-corrected chi connectivity index (χ4v) is 4.19. The summed E-state index contributed by atoms with van der Waals surface area (Å²) in [6, 6.07) is 5.32. The van der Waals surface area contributed by atoms with Crippen LogP contribution in [0.5, 0.6) is 0 Å². The number of anilines is 1. The number of thiophene rings is 1. The number of nitrogens with one attached hydrogen (secondary N) is 1. The van der Waals surface area contributed by atoms with Crippen LogP contribution in [0.2, 0.25) is 0 Å². The van der Waals surface area contributed by atoms with Gasteiger partial charge in [0.25, 0.3) is 5.91 Å². The molecule has 1 aliphatic carbocycles. The Morgan fingerprint density at radius 1 is 1.31 bits per heavy atom. The number of nitrogens with zero attached hydrogens (tertiary/aromatic N) is 2. The van der Waals surface area contributed by atoms with Crippen molar-refractivity contribution in [3.8, 4) is 6.07 Å².